The molecule has 6 nitrogen and oxygen atoms in total. The standard InChI is InChI=1S/C22H19BrClN3O3/c1-29-20-11-14(12-26-27-22(28)16-7-3-5-9-19(16)25)10-17(23)21(20)30-13-15-6-2-4-8-18(15)24/h2-12H,13,25H2,1H3,(H,27,28). The van der Waals surface area contributed by atoms with E-state index in [0.29, 0.717) is 37.8 Å². The van der Waals surface area contributed by atoms with Crippen molar-refractivity contribution < 1.29 is 14.3 Å². The minimum absolute atomic E-state index is 0.288. The number of nitrogens with one attached hydrogen (secondary N) is 1. The molecule has 0 saturated heterocycles. The van der Waals surface area contributed by atoms with Gasteiger partial charge in [-0.1, -0.05) is 41.9 Å². The summed E-state index contributed by atoms with van der Waals surface area (Å²) in [7, 11) is 1.55. The molecule has 1 amide bonds. The van der Waals surface area contributed by atoms with E-state index in [0.717, 1.165) is 5.56 Å². The molecule has 3 rings (SSSR count). The molecule has 0 unspecified atom stereocenters. The maximum Gasteiger partial charge on any atom is 0.273 e. The normalized spacial score (nSPS) is 10.8. The molecule has 0 spiro atoms. The van der Waals surface area contributed by atoms with Crippen molar-refractivity contribution in [2.24, 2.45) is 5.10 Å². The minimum atomic E-state index is -0.393. The highest BCUT2D eigenvalue weighted by Crippen LogP contribution is 2.37. The summed E-state index contributed by atoms with van der Waals surface area (Å²) in [6.45, 7) is 0.288. The monoisotopic (exact) mass is 487 g/mol. The molecule has 3 aromatic carbocycles. The third-order valence-corrected chi connectivity index (χ3v) is 5.12. The Morgan fingerprint density at radius 1 is 1.20 bits per heavy atom. The molecule has 0 bridgehead atoms. The van der Waals surface area contributed by atoms with Gasteiger partial charge in [0.15, 0.2) is 11.5 Å². The zero-order valence-corrected chi connectivity index (χ0v) is 18.4. The Labute approximate surface area is 187 Å². The minimum Gasteiger partial charge on any atom is -0.493 e. The molecular formula is C22H19BrClN3O3. The number of nitrogens with two attached hydrogens (primary N) is 1. The van der Waals surface area contributed by atoms with E-state index >= 15 is 0 Å². The molecule has 154 valence electrons. The molecule has 3 N–H and O–H groups in total. The topological polar surface area (TPSA) is 85.9 Å². The van der Waals surface area contributed by atoms with Gasteiger partial charge in [0.05, 0.1) is 23.4 Å². The van der Waals surface area contributed by atoms with E-state index in [2.05, 4.69) is 26.5 Å². The number of carbonyl (C=O) groups is 1. The van der Waals surface area contributed by atoms with Crippen molar-refractivity contribution in [3.8, 4) is 11.5 Å². The van der Waals surface area contributed by atoms with Crippen LogP contribution in [0.25, 0.3) is 0 Å². The number of anilines is 1. The molecule has 0 radical (unpaired) electrons. The first-order chi connectivity index (χ1) is 14.5. The molecule has 0 aliphatic carbocycles. The summed E-state index contributed by atoms with van der Waals surface area (Å²) >= 11 is 9.68. The van der Waals surface area contributed by atoms with Gasteiger partial charge in [0.2, 0.25) is 0 Å². The van der Waals surface area contributed by atoms with Gasteiger partial charge in [0.1, 0.15) is 6.61 Å². The summed E-state index contributed by atoms with van der Waals surface area (Å²) in [4.78, 5) is 12.2. The Hall–Kier alpha value is -3.03. The van der Waals surface area contributed by atoms with E-state index in [1.807, 2.05) is 24.3 Å². The second kappa shape index (κ2) is 10.1. The van der Waals surface area contributed by atoms with Gasteiger partial charge >= 0.3 is 0 Å². The second-order valence-corrected chi connectivity index (χ2v) is 7.46. The van der Waals surface area contributed by atoms with Crippen LogP contribution < -0.4 is 20.6 Å². The Bertz CT molecular complexity index is 1090. The van der Waals surface area contributed by atoms with Crippen LogP contribution in [-0.4, -0.2) is 19.2 Å². The molecule has 0 aliphatic heterocycles. The van der Waals surface area contributed by atoms with Crippen LogP contribution in [0, 0.1) is 0 Å². The molecule has 0 fully saturated rings. The Morgan fingerprint density at radius 2 is 1.93 bits per heavy atom. The number of amides is 1. The molecule has 0 aliphatic rings. The number of halogens is 2. The lowest BCUT2D eigenvalue weighted by molar-refractivity contribution is 0.0956. The molecule has 0 heterocycles. The van der Waals surface area contributed by atoms with E-state index in [-0.39, 0.29) is 6.61 Å². The van der Waals surface area contributed by atoms with Crippen LogP contribution in [0.4, 0.5) is 5.69 Å². The number of benzene rings is 3. The Kier molecular flexibility index (Phi) is 7.32. The lowest BCUT2D eigenvalue weighted by atomic mass is 10.2. The van der Waals surface area contributed by atoms with Crippen molar-refractivity contribution in [3.05, 3.63) is 86.8 Å². The maximum atomic E-state index is 12.2. The summed E-state index contributed by atoms with van der Waals surface area (Å²) in [6, 6.07) is 17.8. The van der Waals surface area contributed by atoms with Crippen LogP contribution in [0.3, 0.4) is 0 Å². The average Bonchev–Trinajstić information content (AvgIpc) is 2.74. The van der Waals surface area contributed by atoms with Crippen LogP contribution >= 0.6 is 27.5 Å². The van der Waals surface area contributed by atoms with E-state index in [9.17, 15) is 4.79 Å². The summed E-state index contributed by atoms with van der Waals surface area (Å²) in [6.07, 6.45) is 1.50. The van der Waals surface area contributed by atoms with Gasteiger partial charge in [-0.3, -0.25) is 4.79 Å². The second-order valence-electron chi connectivity index (χ2n) is 6.20. The van der Waals surface area contributed by atoms with Gasteiger partial charge < -0.3 is 15.2 Å². The third kappa shape index (κ3) is 5.31. The van der Waals surface area contributed by atoms with Gasteiger partial charge in [-0.15, -0.1) is 0 Å². The number of para-hydroxylation sites is 1. The number of rotatable bonds is 7. The fourth-order valence-electron chi connectivity index (χ4n) is 2.65. The number of nitrogens with zero attached hydrogens (tertiary/aromatic N) is 1. The number of nitrogen functional groups attached to an aromatic ring is 1. The molecule has 3 aromatic rings. The Balaban J connectivity index is 1.72. The first-order valence-corrected chi connectivity index (χ1v) is 10.1. The summed E-state index contributed by atoms with van der Waals surface area (Å²) < 4.78 is 12.0. The predicted molar refractivity (Wildman–Crippen MR) is 122 cm³/mol. The van der Waals surface area contributed by atoms with Crippen LogP contribution in [-0.2, 0) is 6.61 Å². The van der Waals surface area contributed by atoms with Gasteiger partial charge in [-0.25, -0.2) is 5.43 Å². The van der Waals surface area contributed by atoms with Gasteiger partial charge in [0, 0.05) is 16.3 Å². The number of ether oxygens (including phenoxy) is 2. The smallest absolute Gasteiger partial charge is 0.273 e. The van der Waals surface area contributed by atoms with E-state index in [1.54, 1.807) is 43.5 Å². The van der Waals surface area contributed by atoms with Crippen molar-refractivity contribution in [3.63, 3.8) is 0 Å². The number of hydrogen-bond donors (Lipinski definition) is 2. The number of methoxy groups -OCH3 is 1. The molecule has 0 aromatic heterocycles. The number of hydrogen-bond acceptors (Lipinski definition) is 5. The number of hydrazone groups is 1. The van der Waals surface area contributed by atoms with Crippen molar-refractivity contribution >= 4 is 45.3 Å². The highest BCUT2D eigenvalue weighted by atomic mass is 79.9. The average molecular weight is 489 g/mol. The fourth-order valence-corrected chi connectivity index (χ4v) is 3.41. The van der Waals surface area contributed by atoms with E-state index < -0.39 is 5.91 Å². The van der Waals surface area contributed by atoms with Crippen molar-refractivity contribution in [2.45, 2.75) is 6.61 Å². The van der Waals surface area contributed by atoms with E-state index in [1.165, 1.54) is 6.21 Å². The van der Waals surface area contributed by atoms with E-state index in [4.69, 9.17) is 26.8 Å². The molecular weight excluding hydrogens is 470 g/mol. The van der Waals surface area contributed by atoms with Crippen LogP contribution in [0.5, 0.6) is 11.5 Å². The van der Waals surface area contributed by atoms with Gasteiger partial charge in [-0.05, 0) is 51.8 Å². The molecule has 0 saturated carbocycles. The lowest BCUT2D eigenvalue weighted by Gasteiger charge is -2.14. The molecule has 8 heteroatoms. The Morgan fingerprint density at radius 3 is 2.67 bits per heavy atom. The largest absolute Gasteiger partial charge is 0.493 e. The van der Waals surface area contributed by atoms with Gasteiger partial charge in [-0.2, -0.15) is 5.10 Å². The highest BCUT2D eigenvalue weighted by Gasteiger charge is 2.13. The quantitative estimate of drug-likeness (QED) is 0.277. The molecule has 0 atom stereocenters. The highest BCUT2D eigenvalue weighted by molar-refractivity contribution is 9.10. The van der Waals surface area contributed by atoms with Crippen LogP contribution in [0.1, 0.15) is 21.5 Å². The number of carbonyl (C=O) groups excluding carboxylic acids is 1. The van der Waals surface area contributed by atoms with Crippen molar-refractivity contribution in [2.75, 3.05) is 12.8 Å². The zero-order valence-electron chi connectivity index (χ0n) is 16.1. The molecule has 30 heavy (non-hydrogen) atoms. The lowest BCUT2D eigenvalue weighted by Crippen LogP contribution is -2.19. The van der Waals surface area contributed by atoms with Crippen LogP contribution in [0.2, 0.25) is 5.02 Å². The first-order valence-electron chi connectivity index (χ1n) is 8.91. The van der Waals surface area contributed by atoms with Crippen molar-refractivity contribution in [1.29, 1.82) is 0 Å². The van der Waals surface area contributed by atoms with Crippen molar-refractivity contribution in [1.82, 2.24) is 5.43 Å². The van der Waals surface area contributed by atoms with Crippen LogP contribution in [0.15, 0.2) is 70.2 Å². The summed E-state index contributed by atoms with van der Waals surface area (Å²) in [5.41, 5.74) is 10.6. The predicted octanol–water partition coefficient (Wildman–Crippen LogP) is 5.04. The fraction of sp³-hybridized carbons (Fsp3) is 0.0909. The summed E-state index contributed by atoms with van der Waals surface area (Å²) in [5.74, 6) is 0.655. The van der Waals surface area contributed by atoms with Gasteiger partial charge in [0.25, 0.3) is 5.91 Å². The maximum absolute atomic E-state index is 12.2. The SMILES string of the molecule is COc1cc(C=NNC(=O)c2ccccc2N)cc(Br)c1OCc1ccccc1Cl. The summed E-state index contributed by atoms with van der Waals surface area (Å²) in [5, 5.41) is 4.63. The first kappa shape index (κ1) is 21.7. The zero-order chi connectivity index (χ0) is 21.5. The third-order valence-electron chi connectivity index (χ3n) is 4.17.